The number of methoxy groups -OCH3 is 1. The number of carbonyl (C=O) groups is 1. The van der Waals surface area contributed by atoms with E-state index in [2.05, 4.69) is 14.9 Å². The molecule has 6 nitrogen and oxygen atoms in total. The first-order chi connectivity index (χ1) is 9.72. The first-order valence-electron chi connectivity index (χ1n) is 6.40. The fraction of sp³-hybridized carbons (Fsp3) is 0.357. The number of aromatic nitrogens is 2. The van der Waals surface area contributed by atoms with Crippen molar-refractivity contribution in [2.45, 2.75) is 13.5 Å². The molecule has 0 saturated carbocycles. The number of hydrogen-bond donors (Lipinski definition) is 0. The quantitative estimate of drug-likeness (QED) is 0.748. The van der Waals surface area contributed by atoms with Crippen LogP contribution in [0.1, 0.15) is 12.8 Å². The Labute approximate surface area is 117 Å². The molecule has 0 aliphatic heterocycles. The summed E-state index contributed by atoms with van der Waals surface area (Å²) in [6.45, 7) is 3.27. The molecular weight excluding hydrogens is 258 g/mol. The highest BCUT2D eigenvalue weighted by Gasteiger charge is 2.14. The average Bonchev–Trinajstić information content (AvgIpc) is 2.95. The highest BCUT2D eigenvalue weighted by molar-refractivity contribution is 5.71. The molecule has 1 aromatic carbocycles. The number of benzene rings is 1. The van der Waals surface area contributed by atoms with E-state index in [0.29, 0.717) is 24.8 Å². The SMILES string of the molecule is CCN(CC(=O)OC)Cc1nc(-c2ccccc2)no1. The van der Waals surface area contributed by atoms with Crippen LogP contribution in [0.3, 0.4) is 0 Å². The Morgan fingerprint density at radius 3 is 2.75 bits per heavy atom. The fourth-order valence-corrected chi connectivity index (χ4v) is 1.74. The molecule has 106 valence electrons. The fourth-order valence-electron chi connectivity index (χ4n) is 1.74. The van der Waals surface area contributed by atoms with Gasteiger partial charge in [-0.05, 0) is 6.54 Å². The van der Waals surface area contributed by atoms with Crippen molar-refractivity contribution in [1.82, 2.24) is 15.0 Å². The molecule has 6 heteroatoms. The van der Waals surface area contributed by atoms with Crippen LogP contribution >= 0.6 is 0 Å². The van der Waals surface area contributed by atoms with Gasteiger partial charge in [-0.25, -0.2) is 0 Å². The van der Waals surface area contributed by atoms with Gasteiger partial charge in [0.05, 0.1) is 20.2 Å². The van der Waals surface area contributed by atoms with Crippen molar-refractivity contribution in [3.63, 3.8) is 0 Å². The van der Waals surface area contributed by atoms with Crippen LogP contribution in [-0.2, 0) is 16.1 Å². The minimum absolute atomic E-state index is 0.204. The Kier molecular flexibility index (Phi) is 4.84. The number of esters is 1. The standard InChI is InChI=1S/C14H17N3O3/c1-3-17(10-13(18)19-2)9-12-15-14(16-20-12)11-7-5-4-6-8-11/h4-8H,3,9-10H2,1-2H3. The van der Waals surface area contributed by atoms with Gasteiger partial charge < -0.3 is 9.26 Å². The minimum atomic E-state index is -0.283. The number of likely N-dealkylation sites (N-methyl/N-ethyl adjacent to an activating group) is 1. The lowest BCUT2D eigenvalue weighted by atomic mass is 10.2. The first kappa shape index (κ1) is 14.2. The first-order valence-corrected chi connectivity index (χ1v) is 6.40. The molecule has 0 amide bonds. The Bertz CT molecular complexity index is 554. The van der Waals surface area contributed by atoms with Gasteiger partial charge in [-0.1, -0.05) is 42.4 Å². The maximum absolute atomic E-state index is 11.3. The van der Waals surface area contributed by atoms with E-state index in [1.54, 1.807) is 0 Å². The molecule has 2 aromatic rings. The van der Waals surface area contributed by atoms with E-state index >= 15 is 0 Å². The normalized spacial score (nSPS) is 10.8. The maximum atomic E-state index is 11.3. The van der Waals surface area contributed by atoms with E-state index < -0.39 is 0 Å². The Morgan fingerprint density at radius 1 is 1.35 bits per heavy atom. The summed E-state index contributed by atoms with van der Waals surface area (Å²) in [5.41, 5.74) is 0.901. The van der Waals surface area contributed by atoms with Gasteiger partial charge in [0.25, 0.3) is 0 Å². The monoisotopic (exact) mass is 275 g/mol. The predicted molar refractivity (Wildman–Crippen MR) is 72.7 cm³/mol. The maximum Gasteiger partial charge on any atom is 0.319 e. The molecule has 20 heavy (non-hydrogen) atoms. The van der Waals surface area contributed by atoms with Gasteiger partial charge in [0, 0.05) is 5.56 Å². The smallest absolute Gasteiger partial charge is 0.319 e. The van der Waals surface area contributed by atoms with Crippen LogP contribution in [0.25, 0.3) is 11.4 Å². The molecule has 0 atom stereocenters. The Balaban J connectivity index is 2.03. The third-order valence-corrected chi connectivity index (χ3v) is 2.89. The number of rotatable bonds is 6. The summed E-state index contributed by atoms with van der Waals surface area (Å²) in [6.07, 6.45) is 0. The zero-order valence-corrected chi connectivity index (χ0v) is 11.6. The molecule has 0 saturated heterocycles. The van der Waals surface area contributed by atoms with E-state index in [-0.39, 0.29) is 12.5 Å². The van der Waals surface area contributed by atoms with E-state index in [4.69, 9.17) is 4.52 Å². The number of carbonyl (C=O) groups excluding carboxylic acids is 1. The van der Waals surface area contributed by atoms with Crippen LogP contribution in [0.4, 0.5) is 0 Å². The topological polar surface area (TPSA) is 68.5 Å². The van der Waals surface area contributed by atoms with Gasteiger partial charge >= 0.3 is 5.97 Å². The molecule has 2 rings (SSSR count). The highest BCUT2D eigenvalue weighted by atomic mass is 16.5. The molecule has 1 aromatic heterocycles. The summed E-state index contributed by atoms with van der Waals surface area (Å²) in [5.74, 6) is 0.749. The van der Waals surface area contributed by atoms with Crippen LogP contribution in [-0.4, -0.2) is 41.2 Å². The van der Waals surface area contributed by atoms with Crippen LogP contribution in [0.2, 0.25) is 0 Å². The molecular formula is C14H17N3O3. The second-order valence-electron chi connectivity index (χ2n) is 4.26. The molecule has 0 N–H and O–H groups in total. The Hall–Kier alpha value is -2.21. The van der Waals surface area contributed by atoms with Crippen molar-refractivity contribution >= 4 is 5.97 Å². The second-order valence-corrected chi connectivity index (χ2v) is 4.26. The van der Waals surface area contributed by atoms with E-state index in [1.165, 1.54) is 7.11 Å². The van der Waals surface area contributed by atoms with Crippen LogP contribution in [0, 0.1) is 0 Å². The number of hydrogen-bond acceptors (Lipinski definition) is 6. The van der Waals surface area contributed by atoms with Crippen molar-refractivity contribution in [1.29, 1.82) is 0 Å². The molecule has 0 spiro atoms. The molecule has 0 radical (unpaired) electrons. The van der Waals surface area contributed by atoms with Crippen molar-refractivity contribution in [3.8, 4) is 11.4 Å². The van der Waals surface area contributed by atoms with E-state index in [1.807, 2.05) is 42.2 Å². The van der Waals surface area contributed by atoms with Crippen molar-refractivity contribution in [3.05, 3.63) is 36.2 Å². The van der Waals surface area contributed by atoms with Gasteiger partial charge in [0.15, 0.2) is 0 Å². The summed E-state index contributed by atoms with van der Waals surface area (Å²) in [7, 11) is 1.37. The molecule has 0 bridgehead atoms. The second kappa shape index (κ2) is 6.81. The minimum Gasteiger partial charge on any atom is -0.468 e. The number of ether oxygens (including phenoxy) is 1. The summed E-state index contributed by atoms with van der Waals surface area (Å²) < 4.78 is 9.86. The van der Waals surface area contributed by atoms with Gasteiger partial charge in [0.2, 0.25) is 11.7 Å². The molecule has 0 unspecified atom stereocenters. The highest BCUT2D eigenvalue weighted by Crippen LogP contribution is 2.15. The van der Waals surface area contributed by atoms with E-state index in [0.717, 1.165) is 5.56 Å². The van der Waals surface area contributed by atoms with Gasteiger partial charge in [0.1, 0.15) is 0 Å². The molecule has 1 heterocycles. The largest absolute Gasteiger partial charge is 0.468 e. The zero-order chi connectivity index (χ0) is 14.4. The summed E-state index contributed by atoms with van der Waals surface area (Å²) in [4.78, 5) is 17.5. The molecule has 0 fully saturated rings. The number of nitrogens with zero attached hydrogens (tertiary/aromatic N) is 3. The average molecular weight is 275 g/mol. The van der Waals surface area contributed by atoms with Gasteiger partial charge in [-0.2, -0.15) is 4.98 Å². The van der Waals surface area contributed by atoms with Crippen LogP contribution in [0.15, 0.2) is 34.9 Å². The van der Waals surface area contributed by atoms with Crippen LogP contribution < -0.4 is 0 Å². The van der Waals surface area contributed by atoms with Gasteiger partial charge in [-0.3, -0.25) is 9.69 Å². The zero-order valence-electron chi connectivity index (χ0n) is 11.6. The van der Waals surface area contributed by atoms with Crippen molar-refractivity contribution < 1.29 is 14.1 Å². The van der Waals surface area contributed by atoms with Crippen molar-refractivity contribution in [2.75, 3.05) is 20.2 Å². The van der Waals surface area contributed by atoms with Crippen LogP contribution in [0.5, 0.6) is 0 Å². The predicted octanol–water partition coefficient (Wildman–Crippen LogP) is 1.73. The third-order valence-electron chi connectivity index (χ3n) is 2.89. The van der Waals surface area contributed by atoms with Gasteiger partial charge in [-0.15, -0.1) is 0 Å². The lowest BCUT2D eigenvalue weighted by Crippen LogP contribution is -2.30. The summed E-state index contributed by atoms with van der Waals surface area (Å²) in [6, 6.07) is 9.60. The van der Waals surface area contributed by atoms with Crippen molar-refractivity contribution in [2.24, 2.45) is 0 Å². The molecule has 0 aliphatic carbocycles. The Morgan fingerprint density at radius 2 is 2.10 bits per heavy atom. The third kappa shape index (κ3) is 3.64. The summed E-state index contributed by atoms with van der Waals surface area (Å²) in [5, 5.41) is 3.94. The summed E-state index contributed by atoms with van der Waals surface area (Å²) >= 11 is 0. The molecule has 0 aliphatic rings. The lowest BCUT2D eigenvalue weighted by molar-refractivity contribution is -0.142. The van der Waals surface area contributed by atoms with E-state index in [9.17, 15) is 4.79 Å². The lowest BCUT2D eigenvalue weighted by Gasteiger charge is -2.15.